The lowest BCUT2D eigenvalue weighted by Gasteiger charge is -2.31. The largest absolute Gasteiger partial charge is 0.399 e. The van der Waals surface area contributed by atoms with Crippen LogP contribution in [0.2, 0.25) is 0 Å². The quantitative estimate of drug-likeness (QED) is 0.716. The Bertz CT molecular complexity index is 836. The normalized spacial score (nSPS) is 23.7. The van der Waals surface area contributed by atoms with Crippen LogP contribution in [0.5, 0.6) is 0 Å². The van der Waals surface area contributed by atoms with Gasteiger partial charge in [-0.1, -0.05) is 38.3 Å². The van der Waals surface area contributed by atoms with E-state index in [0.29, 0.717) is 5.92 Å². The van der Waals surface area contributed by atoms with Crippen molar-refractivity contribution < 1.29 is 4.79 Å². The lowest BCUT2D eigenvalue weighted by Crippen LogP contribution is -2.39. The number of carbonyl (C=O) groups excluding carboxylic acids is 1. The molecule has 0 radical (unpaired) electrons. The fraction of sp³-hybridized carbons (Fsp3) is 0.476. The summed E-state index contributed by atoms with van der Waals surface area (Å²) in [7, 11) is 0. The molecule has 0 spiro atoms. The zero-order chi connectivity index (χ0) is 18.8. The van der Waals surface area contributed by atoms with E-state index in [1.807, 2.05) is 24.3 Å². The number of urea groups is 1. The molecule has 1 aliphatic heterocycles. The molecule has 2 aromatic rings. The molecular weight excluding hydrogens is 356 g/mol. The number of nitrogens with two attached hydrogens (primary N) is 1. The topological polar surface area (TPSA) is 80.4 Å². The lowest BCUT2D eigenvalue weighted by molar-refractivity contribution is 0.242. The summed E-state index contributed by atoms with van der Waals surface area (Å²) in [5, 5.41) is 6.32. The third-order valence-electron chi connectivity index (χ3n) is 5.70. The number of benzene rings is 1. The molecule has 2 atom stereocenters. The Hall–Kier alpha value is -2.21. The van der Waals surface area contributed by atoms with Gasteiger partial charge in [0.1, 0.15) is 5.01 Å². The van der Waals surface area contributed by atoms with E-state index in [1.165, 1.54) is 37.8 Å². The van der Waals surface area contributed by atoms with Crippen LogP contribution in [-0.2, 0) is 0 Å². The zero-order valence-corrected chi connectivity index (χ0v) is 16.5. The highest BCUT2D eigenvalue weighted by Gasteiger charge is 2.36. The Balaban J connectivity index is 1.69. The second-order valence-corrected chi connectivity index (χ2v) is 8.36. The van der Waals surface area contributed by atoms with Crippen LogP contribution in [0, 0.1) is 0 Å². The molecule has 1 fully saturated rings. The number of aliphatic imine (C=N–C) groups is 1. The molecule has 142 valence electrons. The van der Waals surface area contributed by atoms with Crippen LogP contribution >= 0.6 is 11.3 Å². The minimum absolute atomic E-state index is 0.0151. The Kier molecular flexibility index (Phi) is 5.25. The Morgan fingerprint density at radius 1 is 1.19 bits per heavy atom. The van der Waals surface area contributed by atoms with Crippen LogP contribution in [0.25, 0.3) is 0 Å². The van der Waals surface area contributed by atoms with E-state index in [4.69, 9.17) is 10.7 Å². The van der Waals surface area contributed by atoms with Crippen LogP contribution < -0.4 is 11.1 Å². The number of nitrogen functional groups attached to an aromatic ring is 1. The second-order valence-electron chi connectivity index (χ2n) is 7.47. The minimum atomic E-state index is -0.269. The van der Waals surface area contributed by atoms with Gasteiger partial charge >= 0.3 is 6.03 Å². The molecule has 0 bridgehead atoms. The molecule has 2 aliphatic rings. The third-order valence-corrected chi connectivity index (χ3v) is 6.65. The highest BCUT2D eigenvalue weighted by molar-refractivity contribution is 7.09. The van der Waals surface area contributed by atoms with Crippen molar-refractivity contribution in [3.63, 3.8) is 0 Å². The molecular formula is C21H26N4OS. The monoisotopic (exact) mass is 382 g/mol. The number of nitrogens with zero attached hydrogens (tertiary/aromatic N) is 2. The summed E-state index contributed by atoms with van der Waals surface area (Å²) in [6, 6.07) is 7.31. The van der Waals surface area contributed by atoms with Crippen molar-refractivity contribution >= 4 is 28.8 Å². The van der Waals surface area contributed by atoms with Gasteiger partial charge in [0.15, 0.2) is 0 Å². The molecule has 1 aliphatic carbocycles. The summed E-state index contributed by atoms with van der Waals surface area (Å²) in [6.45, 7) is 2.06. The van der Waals surface area contributed by atoms with Crippen molar-refractivity contribution in [2.75, 3.05) is 5.73 Å². The molecule has 6 heteroatoms. The average Bonchev–Trinajstić information content (AvgIpc) is 3.18. The van der Waals surface area contributed by atoms with Gasteiger partial charge in [0, 0.05) is 22.7 Å². The maximum Gasteiger partial charge on any atom is 0.341 e. The van der Waals surface area contributed by atoms with E-state index < -0.39 is 0 Å². The van der Waals surface area contributed by atoms with Crippen molar-refractivity contribution in [2.45, 2.75) is 63.3 Å². The van der Waals surface area contributed by atoms with Gasteiger partial charge in [-0.15, -0.1) is 11.3 Å². The molecule has 27 heavy (non-hydrogen) atoms. The highest BCUT2D eigenvalue weighted by atomic mass is 32.1. The predicted octanol–water partition coefficient (Wildman–Crippen LogP) is 5.17. The highest BCUT2D eigenvalue weighted by Crippen LogP contribution is 2.40. The fourth-order valence-corrected chi connectivity index (χ4v) is 5.30. The number of carbonyl (C=O) groups is 1. The first-order chi connectivity index (χ1) is 13.2. The number of nitrogens with one attached hydrogen (secondary N) is 1. The average molecular weight is 383 g/mol. The second kappa shape index (κ2) is 7.80. The van der Waals surface area contributed by atoms with Crippen molar-refractivity contribution in [2.24, 2.45) is 4.99 Å². The summed E-state index contributed by atoms with van der Waals surface area (Å²) in [4.78, 5) is 21.5. The van der Waals surface area contributed by atoms with Gasteiger partial charge in [0.05, 0.1) is 17.7 Å². The molecule has 2 amide bonds. The van der Waals surface area contributed by atoms with Gasteiger partial charge in [-0.25, -0.2) is 14.8 Å². The van der Waals surface area contributed by atoms with Gasteiger partial charge in [-0.05, 0) is 37.0 Å². The summed E-state index contributed by atoms with van der Waals surface area (Å²) >= 11 is 1.70. The van der Waals surface area contributed by atoms with E-state index in [9.17, 15) is 4.79 Å². The van der Waals surface area contributed by atoms with Gasteiger partial charge in [0.25, 0.3) is 0 Å². The van der Waals surface area contributed by atoms with E-state index in [1.54, 1.807) is 11.3 Å². The van der Waals surface area contributed by atoms with Gasteiger partial charge in [-0.2, -0.15) is 0 Å². The predicted molar refractivity (Wildman–Crippen MR) is 111 cm³/mol. The van der Waals surface area contributed by atoms with E-state index in [-0.39, 0.29) is 18.0 Å². The molecule has 4 rings (SSSR count). The molecule has 1 saturated carbocycles. The summed E-state index contributed by atoms with van der Waals surface area (Å²) in [5.74, 6) is 0.567. The number of amides is 2. The molecule has 2 heterocycles. The first-order valence-corrected chi connectivity index (χ1v) is 10.7. The zero-order valence-electron chi connectivity index (χ0n) is 15.6. The number of rotatable bonds is 4. The smallest absolute Gasteiger partial charge is 0.341 e. The van der Waals surface area contributed by atoms with Crippen LogP contribution in [0.3, 0.4) is 0 Å². The standard InChI is InChI=1S/C21H26N4OS/c1-2-16-18(20-23-17(12-27-20)13-6-4-3-5-7-13)19(25-21(26)24-16)14-8-10-15(22)11-9-14/h8-13,18-19H,2-7,22H2,1H3,(H,25,26). The number of hydrogen-bond donors (Lipinski definition) is 2. The molecule has 3 N–H and O–H groups in total. The van der Waals surface area contributed by atoms with Gasteiger partial charge in [-0.3, -0.25) is 0 Å². The summed E-state index contributed by atoms with van der Waals surface area (Å²) in [5.41, 5.74) is 9.73. The molecule has 1 aromatic heterocycles. The van der Waals surface area contributed by atoms with Crippen LogP contribution in [0.4, 0.5) is 10.5 Å². The first kappa shape index (κ1) is 18.2. The maximum absolute atomic E-state index is 12.2. The van der Waals surface area contributed by atoms with Crippen molar-refractivity contribution in [1.82, 2.24) is 10.3 Å². The molecule has 2 unspecified atom stereocenters. The lowest BCUT2D eigenvalue weighted by atomic mass is 9.86. The number of hydrogen-bond acceptors (Lipinski definition) is 4. The van der Waals surface area contributed by atoms with Crippen molar-refractivity contribution in [3.8, 4) is 0 Å². The Morgan fingerprint density at radius 3 is 2.63 bits per heavy atom. The number of aromatic nitrogens is 1. The minimum Gasteiger partial charge on any atom is -0.399 e. The summed E-state index contributed by atoms with van der Waals surface area (Å²) in [6.07, 6.45) is 7.15. The molecule has 1 aromatic carbocycles. The van der Waals surface area contributed by atoms with Crippen LogP contribution in [0.15, 0.2) is 34.6 Å². The van der Waals surface area contributed by atoms with E-state index >= 15 is 0 Å². The fourth-order valence-electron chi connectivity index (χ4n) is 4.23. The third kappa shape index (κ3) is 3.76. The first-order valence-electron chi connectivity index (χ1n) is 9.84. The number of thiazole rings is 1. The van der Waals surface area contributed by atoms with Crippen LogP contribution in [0.1, 0.15) is 79.6 Å². The Morgan fingerprint density at radius 2 is 1.93 bits per heavy atom. The SMILES string of the molecule is CCC1=NC(=O)NC(c2ccc(N)cc2)C1c1nc(C2CCCCC2)cs1. The summed E-state index contributed by atoms with van der Waals surface area (Å²) < 4.78 is 0. The molecule has 5 nitrogen and oxygen atoms in total. The van der Waals surface area contributed by atoms with E-state index in [0.717, 1.165) is 28.4 Å². The number of anilines is 1. The van der Waals surface area contributed by atoms with Gasteiger partial charge in [0.2, 0.25) is 0 Å². The van der Waals surface area contributed by atoms with Crippen LogP contribution in [-0.4, -0.2) is 16.7 Å². The van der Waals surface area contributed by atoms with Crippen molar-refractivity contribution in [1.29, 1.82) is 0 Å². The van der Waals surface area contributed by atoms with E-state index in [2.05, 4.69) is 22.6 Å². The maximum atomic E-state index is 12.2. The Labute approximate surface area is 164 Å². The van der Waals surface area contributed by atoms with Crippen molar-refractivity contribution in [3.05, 3.63) is 45.9 Å². The van der Waals surface area contributed by atoms with Gasteiger partial charge < -0.3 is 11.1 Å². The molecule has 0 saturated heterocycles.